The number of primary sulfonamides is 1. The summed E-state index contributed by atoms with van der Waals surface area (Å²) in [6.45, 7) is 0.812. The lowest BCUT2D eigenvalue weighted by Crippen LogP contribution is -2.23. The molecule has 1 fully saturated rings. The topological polar surface area (TPSA) is 98.5 Å². The number of sulfonamides is 1. The van der Waals surface area contributed by atoms with E-state index in [-0.39, 0.29) is 22.4 Å². The normalized spacial score (nSPS) is 19.4. The van der Waals surface area contributed by atoms with Crippen LogP contribution >= 0.6 is 0 Å². The first kappa shape index (κ1) is 13.9. The second-order valence-electron chi connectivity index (χ2n) is 4.27. The maximum atomic E-state index is 13.3. The van der Waals surface area contributed by atoms with Gasteiger partial charge in [-0.05, 0) is 24.6 Å². The van der Waals surface area contributed by atoms with E-state index in [0.717, 1.165) is 18.2 Å². The molecule has 19 heavy (non-hydrogen) atoms. The van der Waals surface area contributed by atoms with Gasteiger partial charge >= 0.3 is 0 Å². The predicted molar refractivity (Wildman–Crippen MR) is 65.3 cm³/mol. The van der Waals surface area contributed by atoms with E-state index in [9.17, 15) is 17.6 Å². The summed E-state index contributed by atoms with van der Waals surface area (Å²) in [4.78, 5) is 11.4. The van der Waals surface area contributed by atoms with Crippen LogP contribution in [0.15, 0.2) is 23.1 Å². The number of hydrogen-bond acceptors (Lipinski definition) is 4. The molecule has 0 aliphatic carbocycles. The van der Waals surface area contributed by atoms with Crippen LogP contribution < -0.4 is 10.5 Å². The zero-order chi connectivity index (χ0) is 14.0. The van der Waals surface area contributed by atoms with Crippen molar-refractivity contribution < 1.29 is 22.3 Å². The zero-order valence-corrected chi connectivity index (χ0v) is 10.7. The van der Waals surface area contributed by atoms with Gasteiger partial charge in [0, 0.05) is 12.3 Å². The van der Waals surface area contributed by atoms with Gasteiger partial charge in [0.05, 0.1) is 17.4 Å². The van der Waals surface area contributed by atoms with Gasteiger partial charge < -0.3 is 10.1 Å². The van der Waals surface area contributed by atoms with Crippen molar-refractivity contribution in [3.63, 3.8) is 0 Å². The summed E-state index contributed by atoms with van der Waals surface area (Å²) in [5.41, 5.74) is 0.0564. The van der Waals surface area contributed by atoms with Crippen LogP contribution in [0.1, 0.15) is 6.42 Å². The number of anilines is 1. The van der Waals surface area contributed by atoms with Crippen molar-refractivity contribution in [1.82, 2.24) is 0 Å². The molecular formula is C11H13FN2O4S. The van der Waals surface area contributed by atoms with Crippen LogP contribution in [0.4, 0.5) is 10.1 Å². The average Bonchev–Trinajstić information content (AvgIpc) is 2.80. The Kier molecular flexibility index (Phi) is 3.83. The SMILES string of the molecule is NS(=O)(=O)c1cc(F)cc(NC(=O)C2CCOC2)c1. The number of halogens is 1. The number of nitrogens with two attached hydrogens (primary N) is 1. The second-order valence-corrected chi connectivity index (χ2v) is 5.83. The van der Waals surface area contributed by atoms with E-state index in [2.05, 4.69) is 5.32 Å². The first-order chi connectivity index (χ1) is 8.86. The third-order valence-electron chi connectivity index (χ3n) is 2.77. The molecule has 1 aromatic carbocycles. The zero-order valence-electron chi connectivity index (χ0n) is 9.93. The lowest BCUT2D eigenvalue weighted by Gasteiger charge is -2.10. The minimum absolute atomic E-state index is 0.0564. The van der Waals surface area contributed by atoms with Crippen LogP contribution in [-0.2, 0) is 19.6 Å². The van der Waals surface area contributed by atoms with Crippen LogP contribution in [0.25, 0.3) is 0 Å². The Bertz CT molecular complexity index is 597. The van der Waals surface area contributed by atoms with Crippen molar-refractivity contribution in [2.45, 2.75) is 11.3 Å². The van der Waals surface area contributed by atoms with Crippen LogP contribution in [-0.4, -0.2) is 27.5 Å². The van der Waals surface area contributed by atoms with E-state index in [1.807, 2.05) is 0 Å². The van der Waals surface area contributed by atoms with Gasteiger partial charge in [-0.25, -0.2) is 17.9 Å². The molecule has 1 amide bonds. The molecule has 0 radical (unpaired) electrons. The fourth-order valence-corrected chi connectivity index (χ4v) is 2.35. The van der Waals surface area contributed by atoms with Crippen molar-refractivity contribution in [1.29, 1.82) is 0 Å². The molecule has 1 aromatic rings. The highest BCUT2D eigenvalue weighted by Crippen LogP contribution is 2.20. The summed E-state index contributed by atoms with van der Waals surface area (Å²) >= 11 is 0. The number of hydrogen-bond donors (Lipinski definition) is 2. The summed E-state index contributed by atoms with van der Waals surface area (Å²) < 4.78 is 40.7. The largest absolute Gasteiger partial charge is 0.381 e. The molecule has 0 bridgehead atoms. The third kappa shape index (κ3) is 3.49. The number of carbonyl (C=O) groups excluding carboxylic acids is 1. The van der Waals surface area contributed by atoms with Crippen molar-refractivity contribution >= 4 is 21.6 Å². The van der Waals surface area contributed by atoms with Crippen molar-refractivity contribution in [2.75, 3.05) is 18.5 Å². The van der Waals surface area contributed by atoms with Gasteiger partial charge in [-0.2, -0.15) is 0 Å². The number of ether oxygens (including phenoxy) is 1. The smallest absolute Gasteiger partial charge is 0.238 e. The third-order valence-corrected chi connectivity index (χ3v) is 3.66. The summed E-state index contributed by atoms with van der Waals surface area (Å²) in [6.07, 6.45) is 0.587. The lowest BCUT2D eigenvalue weighted by molar-refractivity contribution is -0.119. The first-order valence-electron chi connectivity index (χ1n) is 5.58. The maximum absolute atomic E-state index is 13.3. The Morgan fingerprint density at radius 3 is 2.74 bits per heavy atom. The summed E-state index contributed by atoms with van der Waals surface area (Å²) in [5, 5.41) is 7.38. The summed E-state index contributed by atoms with van der Waals surface area (Å²) in [6, 6.07) is 2.94. The van der Waals surface area contributed by atoms with Crippen LogP contribution in [0, 0.1) is 11.7 Å². The molecule has 104 valence electrons. The molecule has 1 atom stereocenters. The molecule has 1 aliphatic rings. The van der Waals surface area contributed by atoms with Crippen molar-refractivity contribution in [3.8, 4) is 0 Å². The Hall–Kier alpha value is -1.51. The Labute approximate surface area is 109 Å². The molecule has 2 rings (SSSR count). The van der Waals surface area contributed by atoms with E-state index >= 15 is 0 Å². The number of benzene rings is 1. The van der Waals surface area contributed by atoms with E-state index in [1.165, 1.54) is 0 Å². The van der Waals surface area contributed by atoms with Gasteiger partial charge in [0.2, 0.25) is 15.9 Å². The van der Waals surface area contributed by atoms with Gasteiger partial charge in [-0.15, -0.1) is 0 Å². The van der Waals surface area contributed by atoms with Gasteiger partial charge in [-0.1, -0.05) is 0 Å². The molecule has 1 saturated heterocycles. The number of carbonyl (C=O) groups is 1. The highest BCUT2D eigenvalue weighted by molar-refractivity contribution is 7.89. The molecular weight excluding hydrogens is 275 g/mol. The fourth-order valence-electron chi connectivity index (χ4n) is 1.78. The van der Waals surface area contributed by atoms with Crippen LogP contribution in [0.3, 0.4) is 0 Å². The Balaban J connectivity index is 2.20. The molecule has 0 aromatic heterocycles. The minimum Gasteiger partial charge on any atom is -0.381 e. The monoisotopic (exact) mass is 288 g/mol. The molecule has 1 unspecified atom stereocenters. The summed E-state index contributed by atoms with van der Waals surface area (Å²) in [7, 11) is -4.02. The molecule has 1 heterocycles. The van der Waals surface area contributed by atoms with Gasteiger partial charge in [0.1, 0.15) is 5.82 Å². The fraction of sp³-hybridized carbons (Fsp3) is 0.364. The Morgan fingerprint density at radius 1 is 1.42 bits per heavy atom. The Morgan fingerprint density at radius 2 is 2.16 bits per heavy atom. The number of nitrogens with one attached hydrogen (secondary N) is 1. The summed E-state index contributed by atoms with van der Waals surface area (Å²) in [5.74, 6) is -1.42. The van der Waals surface area contributed by atoms with Crippen LogP contribution in [0.5, 0.6) is 0 Å². The minimum atomic E-state index is -4.02. The molecule has 1 aliphatic heterocycles. The van der Waals surface area contributed by atoms with E-state index in [4.69, 9.17) is 9.88 Å². The standard InChI is InChI=1S/C11H13FN2O4S/c12-8-3-9(5-10(4-8)19(13,16)17)14-11(15)7-1-2-18-6-7/h3-5,7H,1-2,6H2,(H,14,15)(H2,13,16,17). The van der Waals surface area contributed by atoms with Crippen molar-refractivity contribution in [3.05, 3.63) is 24.0 Å². The van der Waals surface area contributed by atoms with Crippen molar-refractivity contribution in [2.24, 2.45) is 11.1 Å². The molecule has 0 saturated carbocycles. The predicted octanol–water partition coefficient (Wildman–Crippen LogP) is 0.448. The van der Waals surface area contributed by atoms with Crippen LogP contribution in [0.2, 0.25) is 0 Å². The average molecular weight is 288 g/mol. The highest BCUT2D eigenvalue weighted by atomic mass is 32.2. The quantitative estimate of drug-likeness (QED) is 0.843. The molecule has 3 N–H and O–H groups in total. The van der Waals surface area contributed by atoms with E-state index in [0.29, 0.717) is 19.6 Å². The first-order valence-corrected chi connectivity index (χ1v) is 7.13. The highest BCUT2D eigenvalue weighted by Gasteiger charge is 2.24. The number of amides is 1. The van der Waals surface area contributed by atoms with Gasteiger partial charge in [-0.3, -0.25) is 4.79 Å². The molecule has 0 spiro atoms. The molecule has 6 nitrogen and oxygen atoms in total. The lowest BCUT2D eigenvalue weighted by atomic mass is 10.1. The van der Waals surface area contributed by atoms with E-state index < -0.39 is 15.8 Å². The van der Waals surface area contributed by atoms with E-state index in [1.54, 1.807) is 0 Å². The number of rotatable bonds is 3. The van der Waals surface area contributed by atoms with Gasteiger partial charge in [0.15, 0.2) is 0 Å². The maximum Gasteiger partial charge on any atom is 0.238 e. The molecule has 8 heteroatoms. The second kappa shape index (κ2) is 5.24. The van der Waals surface area contributed by atoms with Gasteiger partial charge in [0.25, 0.3) is 0 Å².